The van der Waals surface area contributed by atoms with Crippen molar-refractivity contribution in [2.45, 2.75) is 45.2 Å². The molecule has 124 valence electrons. The fourth-order valence-corrected chi connectivity index (χ4v) is 3.12. The Morgan fingerprint density at radius 1 is 1.42 bits per heavy atom. The van der Waals surface area contributed by atoms with Crippen molar-refractivity contribution in [3.8, 4) is 6.07 Å². The van der Waals surface area contributed by atoms with Crippen LogP contribution >= 0.6 is 0 Å². The second-order valence-corrected chi connectivity index (χ2v) is 6.07. The molecular formula is C17H19N5O2. The predicted octanol–water partition coefficient (Wildman–Crippen LogP) is 1.98. The smallest absolute Gasteiger partial charge is 0.269 e. The SMILES string of the molecule is Cc1ccn(CC(=O)Nc2ccnn2C2CCCC2)c(=O)c1C#N. The van der Waals surface area contributed by atoms with Gasteiger partial charge in [0.25, 0.3) is 5.56 Å². The first-order valence-corrected chi connectivity index (χ1v) is 8.03. The summed E-state index contributed by atoms with van der Waals surface area (Å²) in [6.45, 7) is 1.56. The van der Waals surface area contributed by atoms with Crippen molar-refractivity contribution < 1.29 is 4.79 Å². The molecule has 0 unspecified atom stereocenters. The number of pyridine rings is 1. The first-order valence-electron chi connectivity index (χ1n) is 8.03. The number of nitrogens with zero attached hydrogens (tertiary/aromatic N) is 4. The average Bonchev–Trinajstić information content (AvgIpc) is 3.21. The zero-order valence-corrected chi connectivity index (χ0v) is 13.5. The normalized spacial score (nSPS) is 14.5. The molecule has 1 saturated carbocycles. The summed E-state index contributed by atoms with van der Waals surface area (Å²) in [6, 6.07) is 5.63. The lowest BCUT2D eigenvalue weighted by atomic mass is 10.2. The third kappa shape index (κ3) is 3.08. The van der Waals surface area contributed by atoms with E-state index in [1.165, 1.54) is 23.6 Å². The van der Waals surface area contributed by atoms with Crippen molar-refractivity contribution in [2.24, 2.45) is 0 Å². The van der Waals surface area contributed by atoms with E-state index in [0.29, 0.717) is 17.4 Å². The van der Waals surface area contributed by atoms with E-state index in [0.717, 1.165) is 12.8 Å². The van der Waals surface area contributed by atoms with E-state index >= 15 is 0 Å². The monoisotopic (exact) mass is 325 g/mol. The van der Waals surface area contributed by atoms with Crippen LogP contribution in [0.25, 0.3) is 0 Å². The van der Waals surface area contributed by atoms with Gasteiger partial charge in [-0.15, -0.1) is 0 Å². The van der Waals surface area contributed by atoms with Crippen LogP contribution in [-0.4, -0.2) is 20.3 Å². The van der Waals surface area contributed by atoms with Gasteiger partial charge in [0.15, 0.2) is 0 Å². The molecule has 7 heteroatoms. The van der Waals surface area contributed by atoms with Gasteiger partial charge in [0.2, 0.25) is 5.91 Å². The number of anilines is 1. The van der Waals surface area contributed by atoms with E-state index < -0.39 is 5.56 Å². The molecule has 7 nitrogen and oxygen atoms in total. The van der Waals surface area contributed by atoms with Crippen LogP contribution in [0.1, 0.15) is 42.9 Å². The lowest BCUT2D eigenvalue weighted by Gasteiger charge is -2.15. The minimum absolute atomic E-state index is 0.0706. The zero-order valence-electron chi connectivity index (χ0n) is 13.5. The van der Waals surface area contributed by atoms with E-state index in [9.17, 15) is 9.59 Å². The molecule has 0 bridgehead atoms. The molecule has 1 aliphatic rings. The molecule has 0 radical (unpaired) electrons. The average molecular weight is 325 g/mol. The number of nitriles is 1. The van der Waals surface area contributed by atoms with E-state index in [1.54, 1.807) is 25.3 Å². The topological polar surface area (TPSA) is 92.7 Å². The molecule has 1 aliphatic carbocycles. The van der Waals surface area contributed by atoms with E-state index in [2.05, 4.69) is 10.4 Å². The molecule has 1 amide bonds. The summed E-state index contributed by atoms with van der Waals surface area (Å²) >= 11 is 0. The third-order valence-electron chi connectivity index (χ3n) is 4.41. The maximum absolute atomic E-state index is 12.3. The van der Waals surface area contributed by atoms with Crippen LogP contribution in [-0.2, 0) is 11.3 Å². The molecule has 2 heterocycles. The predicted molar refractivity (Wildman–Crippen MR) is 88.5 cm³/mol. The van der Waals surface area contributed by atoms with Gasteiger partial charge in [-0.3, -0.25) is 9.59 Å². The highest BCUT2D eigenvalue weighted by molar-refractivity contribution is 5.89. The fourth-order valence-electron chi connectivity index (χ4n) is 3.12. The van der Waals surface area contributed by atoms with Crippen molar-refractivity contribution in [2.75, 3.05) is 5.32 Å². The number of carbonyl (C=O) groups excluding carboxylic acids is 1. The molecule has 24 heavy (non-hydrogen) atoms. The lowest BCUT2D eigenvalue weighted by molar-refractivity contribution is -0.116. The highest BCUT2D eigenvalue weighted by Gasteiger charge is 2.20. The molecule has 0 aromatic carbocycles. The van der Waals surface area contributed by atoms with Crippen molar-refractivity contribution in [3.63, 3.8) is 0 Å². The molecule has 0 spiro atoms. The second kappa shape index (κ2) is 6.71. The van der Waals surface area contributed by atoms with Crippen LogP contribution in [0.3, 0.4) is 0 Å². The van der Waals surface area contributed by atoms with Gasteiger partial charge in [0.05, 0.1) is 12.2 Å². The van der Waals surface area contributed by atoms with E-state index in [1.807, 2.05) is 10.8 Å². The van der Waals surface area contributed by atoms with E-state index in [-0.39, 0.29) is 18.0 Å². The molecule has 2 aromatic rings. The number of amides is 1. The Morgan fingerprint density at radius 2 is 2.17 bits per heavy atom. The second-order valence-electron chi connectivity index (χ2n) is 6.07. The van der Waals surface area contributed by atoms with Crippen molar-refractivity contribution in [1.29, 1.82) is 5.26 Å². The quantitative estimate of drug-likeness (QED) is 0.930. The van der Waals surface area contributed by atoms with Crippen LogP contribution in [0.5, 0.6) is 0 Å². The molecule has 1 N–H and O–H groups in total. The zero-order chi connectivity index (χ0) is 17.1. The van der Waals surface area contributed by atoms with Gasteiger partial charge in [-0.1, -0.05) is 12.8 Å². The Bertz CT molecular complexity index is 853. The van der Waals surface area contributed by atoms with Gasteiger partial charge in [-0.05, 0) is 31.4 Å². The van der Waals surface area contributed by atoms with E-state index in [4.69, 9.17) is 5.26 Å². The third-order valence-corrected chi connectivity index (χ3v) is 4.41. The lowest BCUT2D eigenvalue weighted by Crippen LogP contribution is -2.29. The first-order chi connectivity index (χ1) is 11.6. The Hall–Kier alpha value is -2.88. The molecule has 0 atom stereocenters. The first kappa shape index (κ1) is 16.0. The number of nitrogens with one attached hydrogen (secondary N) is 1. The number of hydrogen-bond acceptors (Lipinski definition) is 4. The Morgan fingerprint density at radius 3 is 2.88 bits per heavy atom. The number of aromatic nitrogens is 3. The van der Waals surface area contributed by atoms with Crippen LogP contribution < -0.4 is 10.9 Å². The number of hydrogen-bond donors (Lipinski definition) is 1. The highest BCUT2D eigenvalue weighted by Crippen LogP contribution is 2.31. The summed E-state index contributed by atoms with van der Waals surface area (Å²) in [6.07, 6.45) is 7.67. The van der Waals surface area contributed by atoms with Crippen molar-refractivity contribution in [1.82, 2.24) is 14.3 Å². The fraction of sp³-hybridized carbons (Fsp3) is 0.412. The number of rotatable bonds is 4. The molecule has 1 fully saturated rings. The largest absolute Gasteiger partial charge is 0.309 e. The Kier molecular flexibility index (Phi) is 4.47. The van der Waals surface area contributed by atoms with Gasteiger partial charge in [-0.2, -0.15) is 10.4 Å². The summed E-state index contributed by atoms with van der Waals surface area (Å²) in [5.74, 6) is 0.331. The summed E-state index contributed by atoms with van der Waals surface area (Å²) in [5, 5.41) is 16.2. The van der Waals surface area contributed by atoms with Gasteiger partial charge < -0.3 is 9.88 Å². The minimum atomic E-state index is -0.447. The molecule has 2 aromatic heterocycles. The Labute approximate surface area is 139 Å². The van der Waals surface area contributed by atoms with Gasteiger partial charge in [-0.25, -0.2) is 4.68 Å². The minimum Gasteiger partial charge on any atom is -0.309 e. The molecule has 0 saturated heterocycles. The number of aryl methyl sites for hydroxylation is 1. The van der Waals surface area contributed by atoms with Gasteiger partial charge in [0.1, 0.15) is 24.0 Å². The molecular weight excluding hydrogens is 306 g/mol. The highest BCUT2D eigenvalue weighted by atomic mass is 16.2. The summed E-state index contributed by atoms with van der Waals surface area (Å²) in [4.78, 5) is 24.5. The van der Waals surface area contributed by atoms with Crippen molar-refractivity contribution in [3.05, 3.63) is 46.0 Å². The summed E-state index contributed by atoms with van der Waals surface area (Å²) in [7, 11) is 0. The maximum Gasteiger partial charge on any atom is 0.269 e. The molecule has 0 aliphatic heterocycles. The van der Waals surface area contributed by atoms with Crippen LogP contribution in [0.4, 0.5) is 5.82 Å². The number of carbonyl (C=O) groups is 1. The van der Waals surface area contributed by atoms with Crippen LogP contribution in [0.15, 0.2) is 29.3 Å². The molecule has 3 rings (SSSR count). The van der Waals surface area contributed by atoms with Crippen LogP contribution in [0, 0.1) is 18.3 Å². The Balaban J connectivity index is 1.75. The van der Waals surface area contributed by atoms with Crippen molar-refractivity contribution >= 4 is 11.7 Å². The van der Waals surface area contributed by atoms with Gasteiger partial charge in [0, 0.05) is 12.3 Å². The maximum atomic E-state index is 12.3. The summed E-state index contributed by atoms with van der Waals surface area (Å²) < 4.78 is 3.10. The standard InChI is InChI=1S/C17H19N5O2/c1-12-7-9-21(17(24)14(12)10-18)11-16(23)20-15-6-8-19-22(15)13-4-2-3-5-13/h6-9,13H,2-5,11H2,1H3,(H,20,23). The van der Waals surface area contributed by atoms with Gasteiger partial charge >= 0.3 is 0 Å². The summed E-state index contributed by atoms with van der Waals surface area (Å²) in [5.41, 5.74) is 0.233. The van der Waals surface area contributed by atoms with Crippen LogP contribution in [0.2, 0.25) is 0 Å².